The number of methoxy groups -OCH3 is 2. The van der Waals surface area contributed by atoms with E-state index in [0.717, 1.165) is 20.1 Å². The third-order valence-electron chi connectivity index (χ3n) is 2.77. The second kappa shape index (κ2) is 12.0. The van der Waals surface area contributed by atoms with Crippen molar-refractivity contribution in [2.24, 2.45) is 0 Å². The van der Waals surface area contributed by atoms with E-state index in [0.29, 0.717) is 21.5 Å². The summed E-state index contributed by atoms with van der Waals surface area (Å²) in [5.41, 5.74) is 1.82. The van der Waals surface area contributed by atoms with Crippen molar-refractivity contribution in [3.63, 3.8) is 0 Å². The van der Waals surface area contributed by atoms with Crippen LogP contribution in [0, 0.1) is 0 Å². The predicted molar refractivity (Wildman–Crippen MR) is 113 cm³/mol. The Bertz CT molecular complexity index is 604. The van der Waals surface area contributed by atoms with Crippen LogP contribution in [0.2, 0.25) is 10.0 Å². The lowest BCUT2D eigenvalue weighted by Crippen LogP contribution is -1.90. The minimum Gasteiger partial charge on any atom is -0.495 e. The lowest BCUT2D eigenvalue weighted by Gasteiger charge is -2.13. The van der Waals surface area contributed by atoms with E-state index in [1.165, 1.54) is 0 Å². The van der Waals surface area contributed by atoms with Crippen molar-refractivity contribution < 1.29 is 9.47 Å². The van der Waals surface area contributed by atoms with Crippen LogP contribution < -0.4 is 9.47 Å². The summed E-state index contributed by atoms with van der Waals surface area (Å²) in [6.45, 7) is 8.00. The molecule has 0 aromatic heterocycles. The first-order valence-electron chi connectivity index (χ1n) is 7.54. The van der Waals surface area contributed by atoms with Crippen LogP contribution in [0.4, 0.5) is 0 Å². The molecule has 0 aliphatic rings. The number of hydrogen-bond donors (Lipinski definition) is 0. The first-order chi connectivity index (χ1) is 11.5. The lowest BCUT2D eigenvalue weighted by molar-refractivity contribution is 0.414. The molecule has 0 aliphatic heterocycles. The van der Waals surface area contributed by atoms with E-state index in [9.17, 15) is 0 Å². The average Bonchev–Trinajstić information content (AvgIpc) is 2.61. The molecule has 0 fully saturated rings. The van der Waals surface area contributed by atoms with Crippen molar-refractivity contribution >= 4 is 55.1 Å². The van der Waals surface area contributed by atoms with Crippen LogP contribution in [0.15, 0.2) is 33.2 Å². The van der Waals surface area contributed by atoms with Crippen LogP contribution in [-0.4, -0.2) is 14.2 Å². The first-order valence-corrected chi connectivity index (χ1v) is 9.88. The maximum Gasteiger partial charge on any atom is 0.138 e. The fraction of sp³-hybridized carbons (Fsp3) is 0.333. The molecule has 0 radical (unpaired) electrons. The smallest absolute Gasteiger partial charge is 0.138 e. The van der Waals surface area contributed by atoms with E-state index in [1.807, 2.05) is 52.0 Å². The Balaban J connectivity index is 0.00000123. The molecule has 0 saturated carbocycles. The fourth-order valence-electron chi connectivity index (χ4n) is 1.78. The topological polar surface area (TPSA) is 18.5 Å². The summed E-state index contributed by atoms with van der Waals surface area (Å²) >= 11 is 19.4. The molecule has 0 amide bonds. The quantitative estimate of drug-likeness (QED) is 0.422. The van der Waals surface area contributed by atoms with Crippen molar-refractivity contribution in [1.29, 1.82) is 0 Å². The third kappa shape index (κ3) is 5.83. The molecule has 0 N–H and O–H groups in total. The van der Waals surface area contributed by atoms with Gasteiger partial charge < -0.3 is 9.47 Å². The van der Waals surface area contributed by atoms with Gasteiger partial charge in [0.25, 0.3) is 0 Å². The number of ether oxygens (including phenoxy) is 2. The van der Waals surface area contributed by atoms with Gasteiger partial charge in [0.1, 0.15) is 11.5 Å². The van der Waals surface area contributed by atoms with Gasteiger partial charge in [0.2, 0.25) is 0 Å². The van der Waals surface area contributed by atoms with Crippen LogP contribution in [0.1, 0.15) is 27.7 Å². The second-order valence-electron chi connectivity index (χ2n) is 3.93. The van der Waals surface area contributed by atoms with Gasteiger partial charge in [0, 0.05) is 8.95 Å². The molecule has 2 nitrogen and oxygen atoms in total. The Labute approximate surface area is 171 Å². The zero-order valence-electron chi connectivity index (χ0n) is 14.6. The molecular weight excluding hydrogens is 479 g/mol. The largest absolute Gasteiger partial charge is 0.495 e. The van der Waals surface area contributed by atoms with Crippen LogP contribution in [-0.2, 0) is 0 Å². The fourth-order valence-corrected chi connectivity index (χ4v) is 3.34. The number of rotatable bonds is 3. The Morgan fingerprint density at radius 1 is 0.667 bits per heavy atom. The monoisotopic (exact) mass is 498 g/mol. The third-order valence-corrected chi connectivity index (χ3v) is 4.68. The number of halogens is 4. The maximum atomic E-state index is 6.18. The van der Waals surface area contributed by atoms with E-state index in [2.05, 4.69) is 31.9 Å². The van der Waals surface area contributed by atoms with Gasteiger partial charge in [-0.05, 0) is 35.4 Å². The summed E-state index contributed by atoms with van der Waals surface area (Å²) in [6, 6.07) is 7.30. The van der Waals surface area contributed by atoms with Gasteiger partial charge in [-0.3, -0.25) is 0 Å². The van der Waals surface area contributed by atoms with Crippen LogP contribution >= 0.6 is 55.1 Å². The highest BCUT2D eigenvalue weighted by Crippen LogP contribution is 2.42. The van der Waals surface area contributed by atoms with E-state index in [1.54, 1.807) is 14.2 Å². The standard InChI is InChI=1S/C14H10Br2Cl2O2.2C2H6/c1-19-13-5-9(15)7(3-11(13)17)8-4-12(18)14(20-2)6-10(8)16;2*1-2/h3-6H,1-2H3;2*1-2H3. The summed E-state index contributed by atoms with van der Waals surface area (Å²) in [4.78, 5) is 0. The molecular formula is C18H22Br2Cl2O2. The molecule has 6 heteroatoms. The second-order valence-corrected chi connectivity index (χ2v) is 6.46. The van der Waals surface area contributed by atoms with Crippen molar-refractivity contribution in [2.45, 2.75) is 27.7 Å². The molecule has 2 rings (SSSR count). The number of hydrogen-bond acceptors (Lipinski definition) is 2. The SMILES string of the molecule is CC.CC.COc1cc(Br)c(-c2cc(Cl)c(OC)cc2Br)cc1Cl. The summed E-state index contributed by atoms with van der Waals surface area (Å²) in [5, 5.41) is 1.06. The van der Waals surface area contributed by atoms with E-state index in [4.69, 9.17) is 32.7 Å². The number of benzene rings is 2. The van der Waals surface area contributed by atoms with E-state index in [-0.39, 0.29) is 0 Å². The molecule has 0 unspecified atom stereocenters. The van der Waals surface area contributed by atoms with Crippen LogP contribution in [0.25, 0.3) is 11.1 Å². The summed E-state index contributed by atoms with van der Waals surface area (Å²) in [5.74, 6) is 1.22. The lowest BCUT2D eigenvalue weighted by atomic mass is 10.1. The highest BCUT2D eigenvalue weighted by Gasteiger charge is 2.14. The van der Waals surface area contributed by atoms with Crippen molar-refractivity contribution in [2.75, 3.05) is 14.2 Å². The molecule has 0 atom stereocenters. The molecule has 0 saturated heterocycles. The molecule has 0 heterocycles. The Hall–Kier alpha value is -0.420. The van der Waals surface area contributed by atoms with E-state index >= 15 is 0 Å². The maximum absolute atomic E-state index is 6.18. The summed E-state index contributed by atoms with van der Waals surface area (Å²) in [6.07, 6.45) is 0. The van der Waals surface area contributed by atoms with Gasteiger partial charge >= 0.3 is 0 Å². The Kier molecular flexibility index (Phi) is 11.8. The van der Waals surface area contributed by atoms with Gasteiger partial charge in [-0.2, -0.15) is 0 Å². The van der Waals surface area contributed by atoms with Crippen LogP contribution in [0.5, 0.6) is 11.5 Å². The molecule has 2 aromatic rings. The van der Waals surface area contributed by atoms with Gasteiger partial charge in [-0.1, -0.05) is 82.8 Å². The van der Waals surface area contributed by atoms with Crippen LogP contribution in [0.3, 0.4) is 0 Å². The summed E-state index contributed by atoms with van der Waals surface area (Å²) in [7, 11) is 3.15. The van der Waals surface area contributed by atoms with Crippen molar-refractivity contribution in [3.8, 4) is 22.6 Å². The van der Waals surface area contributed by atoms with Gasteiger partial charge in [0.15, 0.2) is 0 Å². The Morgan fingerprint density at radius 3 is 1.21 bits per heavy atom. The highest BCUT2D eigenvalue weighted by atomic mass is 79.9. The molecule has 2 aromatic carbocycles. The molecule has 24 heavy (non-hydrogen) atoms. The minimum absolute atomic E-state index is 0.532. The average molecular weight is 501 g/mol. The first kappa shape index (κ1) is 23.6. The molecule has 0 bridgehead atoms. The minimum atomic E-state index is 0.532. The van der Waals surface area contributed by atoms with Gasteiger partial charge in [-0.25, -0.2) is 0 Å². The zero-order chi connectivity index (χ0) is 18.9. The van der Waals surface area contributed by atoms with Crippen molar-refractivity contribution in [3.05, 3.63) is 43.3 Å². The van der Waals surface area contributed by atoms with Gasteiger partial charge in [0.05, 0.1) is 24.3 Å². The molecule has 0 spiro atoms. The van der Waals surface area contributed by atoms with E-state index < -0.39 is 0 Å². The molecule has 134 valence electrons. The van der Waals surface area contributed by atoms with Crippen molar-refractivity contribution in [1.82, 2.24) is 0 Å². The summed E-state index contributed by atoms with van der Waals surface area (Å²) < 4.78 is 12.1. The predicted octanol–water partition coefficient (Wildman–Crippen LogP) is 8.26. The van der Waals surface area contributed by atoms with Gasteiger partial charge in [-0.15, -0.1) is 0 Å². The highest BCUT2D eigenvalue weighted by molar-refractivity contribution is 9.11. The zero-order valence-corrected chi connectivity index (χ0v) is 19.3. The molecule has 0 aliphatic carbocycles. The Morgan fingerprint density at radius 2 is 0.958 bits per heavy atom. The normalized spacial score (nSPS) is 9.25.